The molecule has 0 bridgehead atoms. The van der Waals surface area contributed by atoms with Crippen LogP contribution in [0.25, 0.3) is 0 Å². The fourth-order valence-corrected chi connectivity index (χ4v) is 2.76. The molecule has 0 aliphatic carbocycles. The largest absolute Gasteiger partial charge is 0.464 e. The standard InChI is InChI=1S/C15H28N2O4/c1-8-20-13(18)12-9-15(6,16(7)21-12)14(19)17(10(2)3)11(4)5/h10-12H,8-9H2,1-7H3. The summed E-state index contributed by atoms with van der Waals surface area (Å²) in [4.78, 5) is 32.1. The van der Waals surface area contributed by atoms with Gasteiger partial charge in [-0.05, 0) is 41.5 Å². The minimum Gasteiger partial charge on any atom is -0.464 e. The molecule has 0 N–H and O–H groups in total. The van der Waals surface area contributed by atoms with Crippen LogP contribution >= 0.6 is 0 Å². The van der Waals surface area contributed by atoms with Crippen molar-refractivity contribution in [2.45, 2.75) is 71.7 Å². The van der Waals surface area contributed by atoms with E-state index in [2.05, 4.69) is 0 Å². The summed E-state index contributed by atoms with van der Waals surface area (Å²) >= 11 is 0. The van der Waals surface area contributed by atoms with Crippen molar-refractivity contribution in [2.75, 3.05) is 13.7 Å². The first kappa shape index (κ1) is 17.9. The summed E-state index contributed by atoms with van der Waals surface area (Å²) in [5, 5.41) is 1.49. The maximum atomic E-state index is 12.9. The van der Waals surface area contributed by atoms with Crippen molar-refractivity contribution < 1.29 is 19.2 Å². The van der Waals surface area contributed by atoms with E-state index in [9.17, 15) is 9.59 Å². The quantitative estimate of drug-likeness (QED) is 0.722. The highest BCUT2D eigenvalue weighted by Gasteiger charge is 2.52. The highest BCUT2D eigenvalue weighted by atomic mass is 16.7. The molecular formula is C15H28N2O4. The molecule has 1 fully saturated rings. The van der Waals surface area contributed by atoms with Gasteiger partial charge in [0.2, 0.25) is 5.91 Å². The Bertz CT molecular complexity index is 389. The minimum atomic E-state index is -0.855. The lowest BCUT2D eigenvalue weighted by molar-refractivity contribution is -0.195. The number of rotatable bonds is 5. The number of ether oxygens (including phenoxy) is 1. The van der Waals surface area contributed by atoms with E-state index in [-0.39, 0.29) is 18.0 Å². The van der Waals surface area contributed by atoms with Gasteiger partial charge in [0.1, 0.15) is 5.54 Å². The van der Waals surface area contributed by atoms with Gasteiger partial charge in [0.15, 0.2) is 6.10 Å². The van der Waals surface area contributed by atoms with Crippen molar-refractivity contribution in [3.8, 4) is 0 Å². The average molecular weight is 300 g/mol. The predicted molar refractivity (Wildman–Crippen MR) is 79.4 cm³/mol. The second-order valence-corrected chi connectivity index (χ2v) is 6.22. The summed E-state index contributed by atoms with van der Waals surface area (Å²) in [5.74, 6) is -0.441. The molecule has 1 saturated heterocycles. The Kier molecular flexibility index (Phi) is 5.75. The van der Waals surface area contributed by atoms with Gasteiger partial charge in [-0.3, -0.25) is 9.63 Å². The molecule has 1 aliphatic rings. The van der Waals surface area contributed by atoms with Crippen LogP contribution in [0.3, 0.4) is 0 Å². The van der Waals surface area contributed by atoms with Crippen LogP contribution in [0, 0.1) is 0 Å². The molecule has 0 aromatic rings. The fourth-order valence-electron chi connectivity index (χ4n) is 2.76. The Morgan fingerprint density at radius 3 is 2.29 bits per heavy atom. The third-order valence-corrected chi connectivity index (χ3v) is 3.92. The maximum Gasteiger partial charge on any atom is 0.337 e. The van der Waals surface area contributed by atoms with E-state index in [1.165, 1.54) is 5.06 Å². The molecule has 0 aromatic heterocycles. The number of hydrogen-bond donors (Lipinski definition) is 0. The monoisotopic (exact) mass is 300 g/mol. The van der Waals surface area contributed by atoms with E-state index in [0.717, 1.165) is 0 Å². The first-order valence-electron chi connectivity index (χ1n) is 7.55. The second kappa shape index (κ2) is 6.75. The van der Waals surface area contributed by atoms with Crippen LogP contribution in [-0.4, -0.2) is 59.2 Å². The first-order valence-corrected chi connectivity index (χ1v) is 7.55. The maximum absolute atomic E-state index is 12.9. The van der Waals surface area contributed by atoms with Crippen molar-refractivity contribution in [2.24, 2.45) is 0 Å². The van der Waals surface area contributed by atoms with Gasteiger partial charge in [-0.25, -0.2) is 4.79 Å². The normalized spacial score (nSPS) is 26.4. The van der Waals surface area contributed by atoms with Crippen LogP contribution in [0.5, 0.6) is 0 Å². The Morgan fingerprint density at radius 1 is 1.33 bits per heavy atom. The lowest BCUT2D eigenvalue weighted by Gasteiger charge is -2.39. The Hall–Kier alpha value is -1.14. The molecule has 2 unspecified atom stereocenters. The van der Waals surface area contributed by atoms with E-state index in [4.69, 9.17) is 9.57 Å². The molecule has 0 radical (unpaired) electrons. The Labute approximate surface area is 127 Å². The first-order chi connectivity index (χ1) is 9.65. The number of carbonyl (C=O) groups excluding carboxylic acids is 2. The third kappa shape index (κ3) is 3.55. The SMILES string of the molecule is CCOC(=O)C1CC(C)(C(=O)N(C(C)C)C(C)C)N(C)O1. The zero-order chi connectivity index (χ0) is 16.4. The van der Waals surface area contributed by atoms with Crippen LogP contribution in [-0.2, 0) is 19.2 Å². The van der Waals surface area contributed by atoms with Crippen LogP contribution in [0.15, 0.2) is 0 Å². The van der Waals surface area contributed by atoms with Crippen molar-refractivity contribution >= 4 is 11.9 Å². The van der Waals surface area contributed by atoms with Crippen LogP contribution in [0.2, 0.25) is 0 Å². The molecule has 1 heterocycles. The molecule has 21 heavy (non-hydrogen) atoms. The highest BCUT2D eigenvalue weighted by Crippen LogP contribution is 2.33. The number of hydrogen-bond acceptors (Lipinski definition) is 5. The molecule has 2 atom stereocenters. The Morgan fingerprint density at radius 2 is 1.86 bits per heavy atom. The minimum absolute atomic E-state index is 0.0261. The van der Waals surface area contributed by atoms with E-state index >= 15 is 0 Å². The molecule has 1 rings (SSSR count). The molecule has 1 aliphatic heterocycles. The Balaban J connectivity index is 2.94. The summed E-state index contributed by atoms with van der Waals surface area (Å²) in [5.41, 5.74) is -0.855. The summed E-state index contributed by atoms with van der Waals surface area (Å²) in [6, 6.07) is 0.175. The molecular weight excluding hydrogens is 272 g/mol. The van der Waals surface area contributed by atoms with Crippen molar-refractivity contribution in [1.29, 1.82) is 0 Å². The van der Waals surface area contributed by atoms with Gasteiger partial charge < -0.3 is 9.64 Å². The van der Waals surface area contributed by atoms with E-state index < -0.39 is 17.6 Å². The number of hydroxylamine groups is 2. The molecule has 1 amide bonds. The lowest BCUT2D eigenvalue weighted by Crippen LogP contribution is -2.56. The number of likely N-dealkylation sites (N-methyl/N-ethyl adjacent to an activating group) is 1. The fraction of sp³-hybridized carbons (Fsp3) is 0.867. The number of esters is 1. The molecule has 6 heteroatoms. The van der Waals surface area contributed by atoms with Gasteiger partial charge in [-0.1, -0.05) is 0 Å². The van der Waals surface area contributed by atoms with E-state index in [1.54, 1.807) is 14.0 Å². The average Bonchev–Trinajstić information content (AvgIpc) is 2.66. The van der Waals surface area contributed by atoms with Gasteiger partial charge in [0.05, 0.1) is 6.61 Å². The number of amides is 1. The summed E-state index contributed by atoms with van der Waals surface area (Å²) in [6.45, 7) is 11.8. The smallest absolute Gasteiger partial charge is 0.337 e. The van der Waals surface area contributed by atoms with Crippen molar-refractivity contribution in [3.05, 3.63) is 0 Å². The van der Waals surface area contributed by atoms with Gasteiger partial charge in [0.25, 0.3) is 0 Å². The molecule has 6 nitrogen and oxygen atoms in total. The zero-order valence-corrected chi connectivity index (χ0v) is 14.2. The summed E-state index contributed by atoms with van der Waals surface area (Å²) < 4.78 is 4.99. The second-order valence-electron chi connectivity index (χ2n) is 6.22. The lowest BCUT2D eigenvalue weighted by atomic mass is 9.92. The molecule has 122 valence electrons. The zero-order valence-electron chi connectivity index (χ0n) is 14.2. The van der Waals surface area contributed by atoms with E-state index in [0.29, 0.717) is 13.0 Å². The van der Waals surface area contributed by atoms with Crippen molar-refractivity contribution in [1.82, 2.24) is 9.96 Å². The van der Waals surface area contributed by atoms with Crippen molar-refractivity contribution in [3.63, 3.8) is 0 Å². The van der Waals surface area contributed by atoms with Crippen LogP contribution in [0.4, 0.5) is 0 Å². The van der Waals surface area contributed by atoms with Gasteiger partial charge in [-0.2, -0.15) is 5.06 Å². The third-order valence-electron chi connectivity index (χ3n) is 3.92. The number of nitrogens with zero attached hydrogens (tertiary/aromatic N) is 2. The summed E-state index contributed by atoms with van der Waals surface area (Å²) in [6.07, 6.45) is -0.415. The number of carbonyl (C=O) groups is 2. The van der Waals surface area contributed by atoms with Gasteiger partial charge in [0, 0.05) is 25.6 Å². The summed E-state index contributed by atoms with van der Waals surface area (Å²) in [7, 11) is 1.69. The highest BCUT2D eigenvalue weighted by molar-refractivity contribution is 5.88. The van der Waals surface area contributed by atoms with Crippen LogP contribution in [0.1, 0.15) is 48.0 Å². The van der Waals surface area contributed by atoms with Crippen LogP contribution < -0.4 is 0 Å². The topological polar surface area (TPSA) is 59.1 Å². The molecule has 0 spiro atoms. The van der Waals surface area contributed by atoms with E-state index in [1.807, 2.05) is 39.5 Å². The molecule has 0 aromatic carbocycles. The van der Waals surface area contributed by atoms with Gasteiger partial charge >= 0.3 is 5.97 Å². The van der Waals surface area contributed by atoms with Gasteiger partial charge in [-0.15, -0.1) is 0 Å². The molecule has 0 saturated carbocycles. The predicted octanol–water partition coefficient (Wildman–Crippen LogP) is 1.59.